The number of rotatable bonds is 5. The Morgan fingerprint density at radius 1 is 1.25 bits per heavy atom. The highest BCUT2D eigenvalue weighted by Crippen LogP contribution is 2.21. The van der Waals surface area contributed by atoms with Gasteiger partial charge in [0.15, 0.2) is 0 Å². The number of carbonyl (C=O) groups is 2. The fourth-order valence-corrected chi connectivity index (χ4v) is 3.03. The van der Waals surface area contributed by atoms with E-state index in [-0.39, 0.29) is 17.5 Å². The normalized spacial score (nSPS) is 17.7. The lowest BCUT2D eigenvalue weighted by molar-refractivity contribution is -0.132. The first-order chi connectivity index (χ1) is 11.6. The largest absolute Gasteiger partial charge is 0.478 e. The number of aromatic carboxylic acids is 1. The highest BCUT2D eigenvalue weighted by atomic mass is 16.4. The summed E-state index contributed by atoms with van der Waals surface area (Å²) in [7, 11) is 0. The van der Waals surface area contributed by atoms with E-state index in [1.807, 2.05) is 9.58 Å². The SMILES string of the molecule is O=C(O)c1ccc(CCC(=O)N2CCC[C@@H](n3cncn3)C2)cc1. The van der Waals surface area contributed by atoms with Crippen molar-refractivity contribution in [2.24, 2.45) is 0 Å². The Morgan fingerprint density at radius 2 is 2.04 bits per heavy atom. The molecule has 0 unspecified atom stereocenters. The molecule has 1 aliphatic heterocycles. The number of aromatic nitrogens is 3. The minimum absolute atomic E-state index is 0.127. The highest BCUT2D eigenvalue weighted by Gasteiger charge is 2.24. The van der Waals surface area contributed by atoms with Gasteiger partial charge in [0.2, 0.25) is 5.91 Å². The van der Waals surface area contributed by atoms with E-state index in [1.54, 1.807) is 30.6 Å². The van der Waals surface area contributed by atoms with Crippen LogP contribution in [0.15, 0.2) is 36.9 Å². The molecule has 126 valence electrons. The average molecular weight is 328 g/mol. The van der Waals surface area contributed by atoms with E-state index >= 15 is 0 Å². The molecule has 0 saturated carbocycles. The second-order valence-corrected chi connectivity index (χ2v) is 6.01. The van der Waals surface area contributed by atoms with Crippen LogP contribution in [0.25, 0.3) is 0 Å². The summed E-state index contributed by atoms with van der Waals surface area (Å²) in [6.45, 7) is 1.45. The zero-order valence-corrected chi connectivity index (χ0v) is 13.3. The summed E-state index contributed by atoms with van der Waals surface area (Å²) in [5.74, 6) is -0.813. The number of hydrogen-bond donors (Lipinski definition) is 1. The quantitative estimate of drug-likeness (QED) is 0.904. The third kappa shape index (κ3) is 3.79. The van der Waals surface area contributed by atoms with Gasteiger partial charge in [0.1, 0.15) is 12.7 Å². The molecule has 0 spiro atoms. The number of amides is 1. The van der Waals surface area contributed by atoms with Crippen LogP contribution in [0, 0.1) is 0 Å². The van der Waals surface area contributed by atoms with Crippen LogP contribution in [0.2, 0.25) is 0 Å². The van der Waals surface area contributed by atoms with Gasteiger partial charge >= 0.3 is 5.97 Å². The molecular formula is C17H20N4O3. The van der Waals surface area contributed by atoms with E-state index in [9.17, 15) is 9.59 Å². The number of piperidine rings is 1. The van der Waals surface area contributed by atoms with Crippen molar-refractivity contribution in [1.82, 2.24) is 19.7 Å². The highest BCUT2D eigenvalue weighted by molar-refractivity contribution is 5.87. The molecule has 1 N–H and O–H groups in total. The maximum Gasteiger partial charge on any atom is 0.335 e. The summed E-state index contributed by atoms with van der Waals surface area (Å²) in [6.07, 6.45) is 6.22. The zero-order chi connectivity index (χ0) is 16.9. The predicted molar refractivity (Wildman–Crippen MR) is 86.6 cm³/mol. The first-order valence-electron chi connectivity index (χ1n) is 8.07. The number of carbonyl (C=O) groups excluding carboxylic acids is 1. The second-order valence-electron chi connectivity index (χ2n) is 6.01. The van der Waals surface area contributed by atoms with Crippen molar-refractivity contribution < 1.29 is 14.7 Å². The summed E-state index contributed by atoms with van der Waals surface area (Å²) < 4.78 is 1.82. The fraction of sp³-hybridized carbons (Fsp3) is 0.412. The lowest BCUT2D eigenvalue weighted by atomic mass is 10.0. The van der Waals surface area contributed by atoms with Crippen LogP contribution in [0.3, 0.4) is 0 Å². The van der Waals surface area contributed by atoms with Gasteiger partial charge in [-0.05, 0) is 37.0 Å². The Hall–Kier alpha value is -2.70. The summed E-state index contributed by atoms with van der Waals surface area (Å²) in [4.78, 5) is 29.1. The van der Waals surface area contributed by atoms with Crippen LogP contribution in [-0.4, -0.2) is 49.7 Å². The molecular weight excluding hydrogens is 308 g/mol. The number of benzene rings is 1. The first kappa shape index (κ1) is 16.2. The number of aryl methyl sites for hydroxylation is 1. The van der Waals surface area contributed by atoms with Crippen LogP contribution in [-0.2, 0) is 11.2 Å². The maximum absolute atomic E-state index is 12.4. The molecule has 2 aromatic rings. The minimum Gasteiger partial charge on any atom is -0.478 e. The third-order valence-electron chi connectivity index (χ3n) is 4.39. The second kappa shape index (κ2) is 7.25. The Kier molecular flexibility index (Phi) is 4.88. The molecule has 1 saturated heterocycles. The first-order valence-corrected chi connectivity index (χ1v) is 8.07. The van der Waals surface area contributed by atoms with E-state index in [4.69, 9.17) is 5.11 Å². The van der Waals surface area contributed by atoms with E-state index in [0.717, 1.165) is 24.9 Å². The lowest BCUT2D eigenvalue weighted by Gasteiger charge is -2.32. The van der Waals surface area contributed by atoms with Crippen LogP contribution in [0.5, 0.6) is 0 Å². The molecule has 1 aromatic carbocycles. The van der Waals surface area contributed by atoms with Gasteiger partial charge in [-0.15, -0.1) is 0 Å². The van der Waals surface area contributed by atoms with Crippen LogP contribution in [0.1, 0.15) is 41.2 Å². The molecule has 1 aromatic heterocycles. The lowest BCUT2D eigenvalue weighted by Crippen LogP contribution is -2.40. The topological polar surface area (TPSA) is 88.3 Å². The third-order valence-corrected chi connectivity index (χ3v) is 4.39. The minimum atomic E-state index is -0.940. The Balaban J connectivity index is 1.53. The standard InChI is InChI=1S/C17H20N4O3/c22-16(8-5-13-3-6-14(7-4-13)17(23)24)20-9-1-2-15(10-20)21-12-18-11-19-21/h3-4,6-7,11-12,15H,1-2,5,8-10H2,(H,23,24)/t15-/m1/s1. The summed E-state index contributed by atoms with van der Waals surface area (Å²) in [5.41, 5.74) is 1.23. The van der Waals surface area contributed by atoms with Gasteiger partial charge in [-0.1, -0.05) is 12.1 Å². The van der Waals surface area contributed by atoms with Crippen molar-refractivity contribution in [3.63, 3.8) is 0 Å². The van der Waals surface area contributed by atoms with Crippen molar-refractivity contribution >= 4 is 11.9 Å². The van der Waals surface area contributed by atoms with Crippen molar-refractivity contribution in [2.75, 3.05) is 13.1 Å². The molecule has 0 radical (unpaired) electrons. The van der Waals surface area contributed by atoms with Gasteiger partial charge in [0.05, 0.1) is 11.6 Å². The molecule has 1 aliphatic rings. The molecule has 7 heteroatoms. The molecule has 1 fully saturated rings. The fourth-order valence-electron chi connectivity index (χ4n) is 3.03. The molecule has 1 amide bonds. The molecule has 0 aliphatic carbocycles. The van der Waals surface area contributed by atoms with E-state index in [2.05, 4.69) is 10.1 Å². The van der Waals surface area contributed by atoms with E-state index in [0.29, 0.717) is 19.4 Å². The number of carboxylic acid groups (broad SMARTS) is 1. The molecule has 0 bridgehead atoms. The van der Waals surface area contributed by atoms with Gasteiger partial charge in [-0.25, -0.2) is 14.5 Å². The summed E-state index contributed by atoms with van der Waals surface area (Å²) >= 11 is 0. The molecule has 1 atom stereocenters. The maximum atomic E-state index is 12.4. The zero-order valence-electron chi connectivity index (χ0n) is 13.3. The monoisotopic (exact) mass is 328 g/mol. The summed E-state index contributed by atoms with van der Waals surface area (Å²) in [6, 6.07) is 6.88. The van der Waals surface area contributed by atoms with E-state index in [1.165, 1.54) is 6.33 Å². The molecule has 3 rings (SSSR count). The Bertz CT molecular complexity index is 697. The van der Waals surface area contributed by atoms with Crippen LogP contribution in [0.4, 0.5) is 0 Å². The number of hydrogen-bond acceptors (Lipinski definition) is 4. The van der Waals surface area contributed by atoms with Gasteiger partial charge < -0.3 is 10.0 Å². The molecule has 7 nitrogen and oxygen atoms in total. The number of carboxylic acids is 1. The number of likely N-dealkylation sites (tertiary alicyclic amines) is 1. The van der Waals surface area contributed by atoms with Gasteiger partial charge in [-0.3, -0.25) is 4.79 Å². The van der Waals surface area contributed by atoms with Crippen LogP contribution >= 0.6 is 0 Å². The Labute approximate surface area is 139 Å². The van der Waals surface area contributed by atoms with Crippen LogP contribution < -0.4 is 0 Å². The van der Waals surface area contributed by atoms with Gasteiger partial charge in [-0.2, -0.15) is 5.10 Å². The predicted octanol–water partition coefficient (Wildman–Crippen LogP) is 1.77. The van der Waals surface area contributed by atoms with Gasteiger partial charge in [0, 0.05) is 19.5 Å². The number of nitrogens with zero attached hydrogens (tertiary/aromatic N) is 4. The van der Waals surface area contributed by atoms with Gasteiger partial charge in [0.25, 0.3) is 0 Å². The Morgan fingerprint density at radius 3 is 2.71 bits per heavy atom. The van der Waals surface area contributed by atoms with Crippen molar-refractivity contribution in [3.8, 4) is 0 Å². The summed E-state index contributed by atoms with van der Waals surface area (Å²) in [5, 5.41) is 13.1. The van der Waals surface area contributed by atoms with Crippen molar-refractivity contribution in [2.45, 2.75) is 31.7 Å². The molecule has 24 heavy (non-hydrogen) atoms. The van der Waals surface area contributed by atoms with E-state index < -0.39 is 5.97 Å². The average Bonchev–Trinajstić information content (AvgIpc) is 3.15. The smallest absolute Gasteiger partial charge is 0.335 e. The van der Waals surface area contributed by atoms with Crippen molar-refractivity contribution in [3.05, 3.63) is 48.0 Å². The van der Waals surface area contributed by atoms with Crippen molar-refractivity contribution in [1.29, 1.82) is 0 Å². The molecule has 2 heterocycles.